The van der Waals surface area contributed by atoms with Gasteiger partial charge in [0.15, 0.2) is 0 Å². The molecule has 0 spiro atoms. The number of hydrogen-bond donors (Lipinski definition) is 1. The van der Waals surface area contributed by atoms with Gasteiger partial charge in [0.05, 0.1) is 11.1 Å². The summed E-state index contributed by atoms with van der Waals surface area (Å²) in [5, 5.41) is 9.81. The second kappa shape index (κ2) is 3.35. The topological polar surface area (TPSA) is 50.2 Å². The predicted molar refractivity (Wildman–Crippen MR) is 58.2 cm³/mol. The van der Waals surface area contributed by atoms with Crippen LogP contribution in [0.5, 0.6) is 0 Å². The quantitative estimate of drug-likeness (QED) is 0.771. The third-order valence-electron chi connectivity index (χ3n) is 2.43. The van der Waals surface area contributed by atoms with Gasteiger partial charge in [-0.3, -0.25) is 4.98 Å². The van der Waals surface area contributed by atoms with E-state index in [1.165, 1.54) is 0 Å². The predicted octanol–water partition coefficient (Wildman–Crippen LogP) is 2.55. The molecule has 76 valence electrons. The summed E-state index contributed by atoms with van der Waals surface area (Å²) in [7, 11) is 0. The fraction of sp³-hybridized carbons (Fsp3) is 0.167. The molecule has 0 aliphatic carbocycles. The summed E-state index contributed by atoms with van der Waals surface area (Å²) in [5.41, 5.74) is 2.74. The van der Waals surface area contributed by atoms with Crippen molar-refractivity contribution in [3.05, 3.63) is 41.1 Å². The van der Waals surface area contributed by atoms with Crippen LogP contribution in [0.15, 0.2) is 24.3 Å². The lowest BCUT2D eigenvalue weighted by Crippen LogP contribution is -2.01. The van der Waals surface area contributed by atoms with Gasteiger partial charge in [0, 0.05) is 11.1 Å². The lowest BCUT2D eigenvalue weighted by molar-refractivity contribution is 0.0698. The van der Waals surface area contributed by atoms with Gasteiger partial charge in [0.2, 0.25) is 0 Å². The Kier molecular flexibility index (Phi) is 2.15. The number of carboxylic acids is 1. The lowest BCUT2D eigenvalue weighted by Gasteiger charge is -2.05. The third-order valence-corrected chi connectivity index (χ3v) is 2.43. The minimum absolute atomic E-state index is 0.347. The maximum atomic E-state index is 11.1. The van der Waals surface area contributed by atoms with Crippen molar-refractivity contribution in [2.75, 3.05) is 0 Å². The maximum Gasteiger partial charge on any atom is 0.336 e. The van der Waals surface area contributed by atoms with Crippen LogP contribution in [0.4, 0.5) is 0 Å². The standard InChI is InChI=1S/C12H11NO2/c1-7-3-6-10-9(11(7)12(14)15)5-4-8(2)13-10/h3-6H,1-2H3,(H,14,15). The van der Waals surface area contributed by atoms with Gasteiger partial charge in [-0.25, -0.2) is 4.79 Å². The number of rotatable bonds is 1. The fourth-order valence-electron chi connectivity index (χ4n) is 1.70. The number of pyridine rings is 1. The lowest BCUT2D eigenvalue weighted by atomic mass is 10.0. The van der Waals surface area contributed by atoms with E-state index in [2.05, 4.69) is 4.98 Å². The van der Waals surface area contributed by atoms with Crippen LogP contribution < -0.4 is 0 Å². The first-order chi connectivity index (χ1) is 7.09. The largest absolute Gasteiger partial charge is 0.478 e. The highest BCUT2D eigenvalue weighted by Crippen LogP contribution is 2.21. The van der Waals surface area contributed by atoms with Crippen LogP contribution in [-0.4, -0.2) is 16.1 Å². The van der Waals surface area contributed by atoms with Crippen molar-refractivity contribution in [2.24, 2.45) is 0 Å². The van der Waals surface area contributed by atoms with E-state index < -0.39 is 5.97 Å². The van der Waals surface area contributed by atoms with E-state index in [4.69, 9.17) is 5.11 Å². The second-order valence-corrected chi connectivity index (χ2v) is 3.58. The van der Waals surface area contributed by atoms with E-state index in [0.717, 1.165) is 16.8 Å². The smallest absolute Gasteiger partial charge is 0.336 e. The SMILES string of the molecule is Cc1ccc2c(C(=O)O)c(C)ccc2n1. The van der Waals surface area contributed by atoms with Crippen molar-refractivity contribution in [1.29, 1.82) is 0 Å². The van der Waals surface area contributed by atoms with E-state index in [1.54, 1.807) is 13.0 Å². The van der Waals surface area contributed by atoms with Gasteiger partial charge in [-0.15, -0.1) is 0 Å². The molecule has 1 N–H and O–H groups in total. The van der Waals surface area contributed by atoms with Crippen LogP contribution in [0.25, 0.3) is 10.9 Å². The van der Waals surface area contributed by atoms with Crippen molar-refractivity contribution in [2.45, 2.75) is 13.8 Å². The monoisotopic (exact) mass is 201 g/mol. The molecule has 15 heavy (non-hydrogen) atoms. The van der Waals surface area contributed by atoms with Crippen LogP contribution in [0, 0.1) is 13.8 Å². The van der Waals surface area contributed by atoms with Gasteiger partial charge in [0.1, 0.15) is 0 Å². The molecule has 0 fully saturated rings. The van der Waals surface area contributed by atoms with Crippen LogP contribution in [-0.2, 0) is 0 Å². The zero-order chi connectivity index (χ0) is 11.0. The number of benzene rings is 1. The number of aromatic carboxylic acids is 1. The van der Waals surface area contributed by atoms with Crippen LogP contribution >= 0.6 is 0 Å². The first-order valence-electron chi connectivity index (χ1n) is 4.70. The highest BCUT2D eigenvalue weighted by atomic mass is 16.4. The van der Waals surface area contributed by atoms with Gasteiger partial charge in [-0.1, -0.05) is 12.1 Å². The first-order valence-corrected chi connectivity index (χ1v) is 4.70. The minimum atomic E-state index is -0.899. The van der Waals surface area contributed by atoms with Gasteiger partial charge in [-0.2, -0.15) is 0 Å². The molecule has 2 rings (SSSR count). The fourth-order valence-corrected chi connectivity index (χ4v) is 1.70. The Morgan fingerprint density at radius 2 is 1.93 bits per heavy atom. The number of hydrogen-bond acceptors (Lipinski definition) is 2. The summed E-state index contributed by atoms with van der Waals surface area (Å²) in [4.78, 5) is 15.4. The number of fused-ring (bicyclic) bond motifs is 1. The Labute approximate surface area is 87.4 Å². The summed E-state index contributed by atoms with van der Waals surface area (Å²) in [6, 6.07) is 7.28. The Bertz CT molecular complexity index is 547. The molecule has 0 saturated carbocycles. The Morgan fingerprint density at radius 1 is 1.20 bits per heavy atom. The highest BCUT2D eigenvalue weighted by molar-refractivity contribution is 6.03. The molecule has 0 atom stereocenters. The normalized spacial score (nSPS) is 10.5. The van der Waals surface area contributed by atoms with Crippen molar-refractivity contribution < 1.29 is 9.90 Å². The maximum absolute atomic E-state index is 11.1. The summed E-state index contributed by atoms with van der Waals surface area (Å²) >= 11 is 0. The number of carboxylic acid groups (broad SMARTS) is 1. The molecule has 0 aliphatic rings. The zero-order valence-corrected chi connectivity index (χ0v) is 8.61. The number of aryl methyl sites for hydroxylation is 2. The van der Waals surface area contributed by atoms with E-state index in [-0.39, 0.29) is 0 Å². The molecular formula is C12H11NO2. The first kappa shape index (κ1) is 9.65. The summed E-state index contributed by atoms with van der Waals surface area (Å²) in [5.74, 6) is -0.899. The Hall–Kier alpha value is -1.90. The van der Waals surface area contributed by atoms with E-state index in [9.17, 15) is 4.79 Å². The third kappa shape index (κ3) is 1.56. The summed E-state index contributed by atoms with van der Waals surface area (Å²) in [6.07, 6.45) is 0. The average Bonchev–Trinajstić information content (AvgIpc) is 2.17. The molecule has 2 aromatic rings. The molecule has 0 amide bonds. The van der Waals surface area contributed by atoms with E-state index in [1.807, 2.05) is 25.1 Å². The molecule has 3 heteroatoms. The van der Waals surface area contributed by atoms with E-state index >= 15 is 0 Å². The van der Waals surface area contributed by atoms with Crippen molar-refractivity contribution >= 4 is 16.9 Å². The second-order valence-electron chi connectivity index (χ2n) is 3.58. The molecule has 3 nitrogen and oxygen atoms in total. The van der Waals surface area contributed by atoms with Gasteiger partial charge in [0.25, 0.3) is 0 Å². The summed E-state index contributed by atoms with van der Waals surface area (Å²) < 4.78 is 0. The van der Waals surface area contributed by atoms with Gasteiger partial charge < -0.3 is 5.11 Å². The zero-order valence-electron chi connectivity index (χ0n) is 8.61. The van der Waals surface area contributed by atoms with Crippen molar-refractivity contribution in [3.63, 3.8) is 0 Å². The van der Waals surface area contributed by atoms with Gasteiger partial charge in [-0.05, 0) is 31.5 Å². The van der Waals surface area contributed by atoms with Crippen LogP contribution in [0.3, 0.4) is 0 Å². The number of nitrogens with zero attached hydrogens (tertiary/aromatic N) is 1. The van der Waals surface area contributed by atoms with E-state index in [0.29, 0.717) is 10.9 Å². The number of aromatic nitrogens is 1. The molecule has 0 saturated heterocycles. The molecule has 0 unspecified atom stereocenters. The molecule has 0 aliphatic heterocycles. The highest BCUT2D eigenvalue weighted by Gasteiger charge is 2.11. The van der Waals surface area contributed by atoms with Crippen molar-refractivity contribution in [1.82, 2.24) is 4.98 Å². The van der Waals surface area contributed by atoms with Crippen LogP contribution in [0.2, 0.25) is 0 Å². The van der Waals surface area contributed by atoms with Crippen molar-refractivity contribution in [3.8, 4) is 0 Å². The molecule has 0 bridgehead atoms. The molecule has 1 heterocycles. The molecule has 1 aromatic carbocycles. The Morgan fingerprint density at radius 3 is 2.60 bits per heavy atom. The average molecular weight is 201 g/mol. The van der Waals surface area contributed by atoms with Gasteiger partial charge >= 0.3 is 5.97 Å². The molecule has 0 radical (unpaired) electrons. The summed E-state index contributed by atoms with van der Waals surface area (Å²) in [6.45, 7) is 3.68. The molecule has 1 aromatic heterocycles. The van der Waals surface area contributed by atoms with Crippen LogP contribution in [0.1, 0.15) is 21.6 Å². The Balaban J connectivity index is 2.88. The number of carbonyl (C=O) groups is 1. The molecular weight excluding hydrogens is 190 g/mol. The minimum Gasteiger partial charge on any atom is -0.478 e.